The fourth-order valence-electron chi connectivity index (χ4n) is 2.08. The van der Waals surface area contributed by atoms with Crippen LogP contribution in [0.3, 0.4) is 0 Å². The number of benzene rings is 1. The molecule has 0 radical (unpaired) electrons. The molecule has 0 bridgehead atoms. The van der Waals surface area contributed by atoms with E-state index in [4.69, 9.17) is 21.1 Å². The minimum absolute atomic E-state index is 0.0726. The predicted octanol–water partition coefficient (Wildman–Crippen LogP) is 3.46. The maximum Gasteiger partial charge on any atom is 0.237 e. The maximum absolute atomic E-state index is 11.7. The number of rotatable bonds is 3. The molecule has 1 heterocycles. The third-order valence-electron chi connectivity index (χ3n) is 2.86. The first-order valence-corrected chi connectivity index (χ1v) is 6.19. The van der Waals surface area contributed by atoms with Crippen molar-refractivity contribution < 1.29 is 14.3 Å². The summed E-state index contributed by atoms with van der Waals surface area (Å²) >= 11 is 5.94. The van der Waals surface area contributed by atoms with Gasteiger partial charge in [0.2, 0.25) is 5.79 Å². The number of hydrogen-bond acceptors (Lipinski definition) is 3. The molecular weight excluding hydrogens is 252 g/mol. The van der Waals surface area contributed by atoms with Crippen molar-refractivity contribution in [3.8, 4) is 5.75 Å². The van der Waals surface area contributed by atoms with Crippen LogP contribution in [-0.4, -0.2) is 18.2 Å². The number of ether oxygens (including phenoxy) is 2. The van der Waals surface area contributed by atoms with Gasteiger partial charge in [-0.3, -0.25) is 4.79 Å². The molecule has 96 valence electrons. The average Bonchev–Trinajstić information content (AvgIpc) is 2.28. The molecule has 1 unspecified atom stereocenters. The number of halogens is 1. The Morgan fingerprint density at radius 3 is 2.83 bits per heavy atom. The van der Waals surface area contributed by atoms with Crippen LogP contribution in [0.4, 0.5) is 0 Å². The first kappa shape index (κ1) is 13.1. The van der Waals surface area contributed by atoms with Crippen molar-refractivity contribution in [3.63, 3.8) is 0 Å². The highest BCUT2D eigenvalue weighted by Crippen LogP contribution is 2.37. The van der Waals surface area contributed by atoms with Crippen LogP contribution in [0.25, 0.3) is 6.08 Å². The number of fused-ring (bicyclic) bond motifs is 1. The summed E-state index contributed by atoms with van der Waals surface area (Å²) in [7, 11) is 0. The summed E-state index contributed by atoms with van der Waals surface area (Å²) in [5.41, 5.74) is 1.30. The van der Waals surface area contributed by atoms with Crippen molar-refractivity contribution in [3.05, 3.63) is 34.4 Å². The molecule has 3 nitrogen and oxygen atoms in total. The van der Waals surface area contributed by atoms with Gasteiger partial charge in [0.15, 0.2) is 5.78 Å². The van der Waals surface area contributed by atoms with E-state index in [1.165, 1.54) is 6.92 Å². The number of hydrogen-bond donors (Lipinski definition) is 0. The smallest absolute Gasteiger partial charge is 0.237 e. The van der Waals surface area contributed by atoms with Crippen molar-refractivity contribution in [1.82, 2.24) is 0 Å². The Bertz CT molecular complexity index is 522. The van der Waals surface area contributed by atoms with Crippen LogP contribution in [-0.2, 0) is 9.53 Å². The summed E-state index contributed by atoms with van der Waals surface area (Å²) in [6.45, 7) is 5.58. The molecule has 0 saturated carbocycles. The zero-order valence-electron chi connectivity index (χ0n) is 10.6. The van der Waals surface area contributed by atoms with Gasteiger partial charge in [0.25, 0.3) is 0 Å². The van der Waals surface area contributed by atoms with Crippen molar-refractivity contribution in [2.45, 2.75) is 26.6 Å². The zero-order chi connectivity index (χ0) is 13.3. The zero-order valence-corrected chi connectivity index (χ0v) is 11.4. The normalized spacial score (nSPS) is 21.9. The van der Waals surface area contributed by atoms with E-state index in [1.807, 2.05) is 6.92 Å². The second-order valence-corrected chi connectivity index (χ2v) is 4.71. The maximum atomic E-state index is 11.7. The molecule has 1 aromatic rings. The van der Waals surface area contributed by atoms with Crippen molar-refractivity contribution in [1.29, 1.82) is 0 Å². The molecule has 0 spiro atoms. The summed E-state index contributed by atoms with van der Waals surface area (Å²) in [4.78, 5) is 11.7. The second-order valence-electron chi connectivity index (χ2n) is 4.28. The Balaban J connectivity index is 2.53. The number of carbonyl (C=O) groups excluding carboxylic acids is 1. The van der Waals surface area contributed by atoms with Gasteiger partial charge in [-0.25, -0.2) is 0 Å². The number of carbonyl (C=O) groups is 1. The van der Waals surface area contributed by atoms with Crippen LogP contribution in [0, 0.1) is 0 Å². The predicted molar refractivity (Wildman–Crippen MR) is 70.8 cm³/mol. The van der Waals surface area contributed by atoms with E-state index in [9.17, 15) is 4.79 Å². The van der Waals surface area contributed by atoms with Gasteiger partial charge < -0.3 is 9.47 Å². The molecule has 0 saturated heterocycles. The highest BCUT2D eigenvalue weighted by atomic mass is 35.5. The second kappa shape index (κ2) is 4.75. The highest BCUT2D eigenvalue weighted by Gasteiger charge is 2.38. The SMILES string of the molecule is CCOC1(C)Oc2ccc(Cl)cc2C=C1C(C)=O. The fraction of sp³-hybridized carbons (Fsp3) is 0.357. The lowest BCUT2D eigenvalue weighted by molar-refractivity contribution is -0.147. The van der Waals surface area contributed by atoms with Crippen LogP contribution >= 0.6 is 11.6 Å². The average molecular weight is 267 g/mol. The van der Waals surface area contributed by atoms with Crippen LogP contribution in [0.15, 0.2) is 23.8 Å². The Morgan fingerprint density at radius 1 is 1.50 bits per heavy atom. The van der Waals surface area contributed by atoms with E-state index in [0.29, 0.717) is 23.0 Å². The van der Waals surface area contributed by atoms with Crippen LogP contribution in [0.1, 0.15) is 26.3 Å². The lowest BCUT2D eigenvalue weighted by atomic mass is 9.97. The third kappa shape index (κ3) is 2.28. The molecule has 0 aromatic heterocycles. The molecule has 1 atom stereocenters. The Hall–Kier alpha value is -1.32. The minimum atomic E-state index is -1.03. The largest absolute Gasteiger partial charge is 0.458 e. The standard InChI is InChI=1S/C14H15ClO3/c1-4-17-14(3)12(9(2)16)8-10-7-11(15)5-6-13(10)18-14/h5-8H,4H2,1-3H3. The van der Waals surface area contributed by atoms with E-state index in [-0.39, 0.29) is 5.78 Å². The van der Waals surface area contributed by atoms with Gasteiger partial charge in [-0.15, -0.1) is 0 Å². The first-order valence-electron chi connectivity index (χ1n) is 5.82. The van der Waals surface area contributed by atoms with Crippen LogP contribution < -0.4 is 4.74 Å². The molecule has 18 heavy (non-hydrogen) atoms. The quantitative estimate of drug-likeness (QED) is 0.840. The van der Waals surface area contributed by atoms with Gasteiger partial charge in [0.1, 0.15) is 5.75 Å². The first-order chi connectivity index (χ1) is 8.46. The molecule has 1 aliphatic rings. The van der Waals surface area contributed by atoms with E-state index in [0.717, 1.165) is 5.56 Å². The lowest BCUT2D eigenvalue weighted by Crippen LogP contribution is -2.42. The van der Waals surface area contributed by atoms with Crippen molar-refractivity contribution >= 4 is 23.5 Å². The van der Waals surface area contributed by atoms with Crippen LogP contribution in [0.5, 0.6) is 5.75 Å². The van der Waals surface area contributed by atoms with Gasteiger partial charge >= 0.3 is 0 Å². The molecule has 0 aliphatic carbocycles. The summed E-state index contributed by atoms with van der Waals surface area (Å²) in [5.74, 6) is -0.432. The van der Waals surface area contributed by atoms with E-state index in [2.05, 4.69) is 0 Å². The summed E-state index contributed by atoms with van der Waals surface area (Å²) in [6.07, 6.45) is 1.78. The third-order valence-corrected chi connectivity index (χ3v) is 3.10. The number of ketones is 1. The molecule has 1 aromatic carbocycles. The molecule has 0 amide bonds. The highest BCUT2D eigenvalue weighted by molar-refractivity contribution is 6.30. The molecular formula is C14H15ClO3. The number of Topliss-reactive ketones (excluding diaryl/α,β-unsaturated/α-hetero) is 1. The monoisotopic (exact) mass is 266 g/mol. The summed E-state index contributed by atoms with van der Waals surface area (Å²) in [5, 5.41) is 0.608. The molecule has 1 aliphatic heterocycles. The summed E-state index contributed by atoms with van der Waals surface area (Å²) < 4.78 is 11.4. The molecule has 4 heteroatoms. The summed E-state index contributed by atoms with van der Waals surface area (Å²) in [6, 6.07) is 5.30. The topological polar surface area (TPSA) is 35.5 Å². The van der Waals surface area contributed by atoms with Crippen LogP contribution in [0.2, 0.25) is 5.02 Å². The lowest BCUT2D eigenvalue weighted by Gasteiger charge is -2.35. The van der Waals surface area contributed by atoms with Gasteiger partial charge in [-0.2, -0.15) is 0 Å². The Kier molecular flexibility index (Phi) is 3.46. The molecule has 0 N–H and O–H groups in total. The van der Waals surface area contributed by atoms with Gasteiger partial charge in [0.05, 0.1) is 5.57 Å². The van der Waals surface area contributed by atoms with E-state index >= 15 is 0 Å². The molecule has 2 rings (SSSR count). The van der Waals surface area contributed by atoms with E-state index in [1.54, 1.807) is 31.2 Å². The Morgan fingerprint density at radius 2 is 2.22 bits per heavy atom. The molecule has 0 fully saturated rings. The Labute approximate surface area is 111 Å². The van der Waals surface area contributed by atoms with Gasteiger partial charge in [0, 0.05) is 24.1 Å². The minimum Gasteiger partial charge on any atom is -0.458 e. The van der Waals surface area contributed by atoms with Crippen molar-refractivity contribution in [2.24, 2.45) is 0 Å². The van der Waals surface area contributed by atoms with Gasteiger partial charge in [-0.05, 0) is 38.1 Å². The van der Waals surface area contributed by atoms with E-state index < -0.39 is 5.79 Å². The fourth-order valence-corrected chi connectivity index (χ4v) is 2.26. The van der Waals surface area contributed by atoms with Crippen molar-refractivity contribution in [2.75, 3.05) is 6.61 Å². The van der Waals surface area contributed by atoms with Gasteiger partial charge in [-0.1, -0.05) is 11.6 Å².